The van der Waals surface area contributed by atoms with Crippen LogP contribution in [-0.4, -0.2) is 6.54 Å². The number of benzene rings is 2. The molecule has 0 aliphatic heterocycles. The first-order valence-electron chi connectivity index (χ1n) is 7.02. The first-order chi connectivity index (χ1) is 10.1. The number of nitrogens with one attached hydrogen (secondary N) is 1. The average molecular weight is 401 g/mol. The summed E-state index contributed by atoms with van der Waals surface area (Å²) in [6, 6.07) is 11.9. The molecule has 0 saturated carbocycles. The van der Waals surface area contributed by atoms with Gasteiger partial charge in [0.15, 0.2) is 0 Å². The Labute approximate surface area is 137 Å². The molecule has 4 heteroatoms. The summed E-state index contributed by atoms with van der Waals surface area (Å²) >= 11 is 2.27. The molecule has 2 rings (SSSR count). The van der Waals surface area contributed by atoms with Crippen molar-refractivity contribution in [3.8, 4) is 0 Å². The molecule has 0 spiro atoms. The van der Waals surface area contributed by atoms with Crippen molar-refractivity contribution < 1.29 is 8.78 Å². The topological polar surface area (TPSA) is 12.0 Å². The first-order valence-corrected chi connectivity index (χ1v) is 8.10. The van der Waals surface area contributed by atoms with E-state index in [-0.39, 0.29) is 6.04 Å². The number of hydrogen-bond acceptors (Lipinski definition) is 1. The van der Waals surface area contributed by atoms with Crippen molar-refractivity contribution in [1.82, 2.24) is 5.32 Å². The van der Waals surface area contributed by atoms with E-state index in [0.717, 1.165) is 28.2 Å². The minimum Gasteiger partial charge on any atom is -0.310 e. The predicted octanol–water partition coefficient (Wildman–Crippen LogP) is 4.85. The predicted molar refractivity (Wildman–Crippen MR) is 90.3 cm³/mol. The number of rotatable bonds is 6. The molecule has 1 nitrogen and oxygen atoms in total. The van der Waals surface area contributed by atoms with E-state index in [4.69, 9.17) is 0 Å². The SMILES string of the molecule is CCCNC(Cc1cc(F)cc(F)c1)c1cccc(I)c1. The van der Waals surface area contributed by atoms with Crippen LogP contribution in [0.15, 0.2) is 42.5 Å². The van der Waals surface area contributed by atoms with Gasteiger partial charge in [-0.05, 0) is 77.4 Å². The third-order valence-electron chi connectivity index (χ3n) is 3.25. The van der Waals surface area contributed by atoms with Crippen molar-refractivity contribution in [1.29, 1.82) is 0 Å². The monoisotopic (exact) mass is 401 g/mol. The van der Waals surface area contributed by atoms with Crippen LogP contribution in [0.25, 0.3) is 0 Å². The van der Waals surface area contributed by atoms with E-state index < -0.39 is 11.6 Å². The summed E-state index contributed by atoms with van der Waals surface area (Å²) in [6.45, 7) is 2.97. The molecule has 0 heterocycles. The summed E-state index contributed by atoms with van der Waals surface area (Å²) in [7, 11) is 0. The van der Waals surface area contributed by atoms with Crippen molar-refractivity contribution in [2.45, 2.75) is 25.8 Å². The molecule has 0 fully saturated rings. The summed E-state index contributed by atoms with van der Waals surface area (Å²) in [4.78, 5) is 0. The van der Waals surface area contributed by atoms with Crippen molar-refractivity contribution in [2.75, 3.05) is 6.54 Å². The maximum atomic E-state index is 13.3. The standard InChI is InChI=1S/C17H18F2IN/c1-2-6-21-17(13-4-3-5-16(20)10-13)9-12-7-14(18)11-15(19)8-12/h3-5,7-8,10-11,17,21H,2,6,9H2,1H3. The lowest BCUT2D eigenvalue weighted by atomic mass is 9.98. The number of halogens is 3. The van der Waals surface area contributed by atoms with Gasteiger partial charge in [0, 0.05) is 15.7 Å². The van der Waals surface area contributed by atoms with Crippen molar-refractivity contribution in [2.24, 2.45) is 0 Å². The molecule has 2 aromatic carbocycles. The fourth-order valence-corrected chi connectivity index (χ4v) is 2.88. The molecule has 0 amide bonds. The van der Waals surface area contributed by atoms with E-state index in [1.165, 1.54) is 12.1 Å². The lowest BCUT2D eigenvalue weighted by molar-refractivity contribution is 0.522. The van der Waals surface area contributed by atoms with Crippen LogP contribution in [-0.2, 0) is 6.42 Å². The highest BCUT2D eigenvalue weighted by Gasteiger charge is 2.13. The fourth-order valence-electron chi connectivity index (χ4n) is 2.31. The van der Waals surface area contributed by atoms with Crippen LogP contribution in [0.4, 0.5) is 8.78 Å². The molecule has 2 aromatic rings. The highest BCUT2D eigenvalue weighted by atomic mass is 127. The van der Waals surface area contributed by atoms with Gasteiger partial charge < -0.3 is 5.32 Å². The van der Waals surface area contributed by atoms with Gasteiger partial charge in [-0.2, -0.15) is 0 Å². The molecule has 0 aliphatic carbocycles. The zero-order chi connectivity index (χ0) is 15.2. The normalized spacial score (nSPS) is 12.4. The molecule has 112 valence electrons. The van der Waals surface area contributed by atoms with Gasteiger partial charge in [-0.15, -0.1) is 0 Å². The average Bonchev–Trinajstić information content (AvgIpc) is 2.42. The molecular formula is C17H18F2IN. The Hall–Kier alpha value is -1.01. The van der Waals surface area contributed by atoms with Gasteiger partial charge in [0.05, 0.1) is 0 Å². The zero-order valence-corrected chi connectivity index (χ0v) is 14.0. The summed E-state index contributed by atoms with van der Waals surface area (Å²) in [6.07, 6.45) is 1.58. The molecule has 0 saturated heterocycles. The lowest BCUT2D eigenvalue weighted by Gasteiger charge is -2.19. The molecule has 1 N–H and O–H groups in total. The van der Waals surface area contributed by atoms with Crippen LogP contribution >= 0.6 is 22.6 Å². The van der Waals surface area contributed by atoms with Gasteiger partial charge in [0.1, 0.15) is 11.6 Å². The van der Waals surface area contributed by atoms with Crippen LogP contribution < -0.4 is 5.32 Å². The van der Waals surface area contributed by atoms with Crippen LogP contribution in [0.1, 0.15) is 30.5 Å². The highest BCUT2D eigenvalue weighted by Crippen LogP contribution is 2.21. The van der Waals surface area contributed by atoms with Crippen molar-refractivity contribution in [3.05, 3.63) is 68.8 Å². The molecule has 1 atom stereocenters. The summed E-state index contributed by atoms with van der Waals surface area (Å²) in [5.74, 6) is -1.05. The van der Waals surface area contributed by atoms with E-state index in [1.54, 1.807) is 0 Å². The second kappa shape index (κ2) is 7.84. The molecule has 1 unspecified atom stereocenters. The summed E-state index contributed by atoms with van der Waals surface area (Å²) in [5, 5.41) is 3.45. The zero-order valence-electron chi connectivity index (χ0n) is 11.9. The minimum absolute atomic E-state index is 0.0564. The Morgan fingerprint density at radius 2 is 1.81 bits per heavy atom. The second-order valence-corrected chi connectivity index (χ2v) is 6.29. The highest BCUT2D eigenvalue weighted by molar-refractivity contribution is 14.1. The van der Waals surface area contributed by atoms with Crippen LogP contribution in [0.3, 0.4) is 0 Å². The maximum absolute atomic E-state index is 13.3. The van der Waals surface area contributed by atoms with E-state index in [2.05, 4.69) is 40.9 Å². The Morgan fingerprint density at radius 3 is 2.43 bits per heavy atom. The second-order valence-electron chi connectivity index (χ2n) is 5.04. The van der Waals surface area contributed by atoms with Gasteiger partial charge >= 0.3 is 0 Å². The van der Waals surface area contributed by atoms with E-state index in [1.807, 2.05) is 18.2 Å². The smallest absolute Gasteiger partial charge is 0.126 e. The van der Waals surface area contributed by atoms with Crippen LogP contribution in [0, 0.1) is 15.2 Å². The summed E-state index contributed by atoms with van der Waals surface area (Å²) < 4.78 is 27.8. The molecule has 0 aromatic heterocycles. The van der Waals surface area contributed by atoms with E-state index >= 15 is 0 Å². The molecule has 21 heavy (non-hydrogen) atoms. The molecule has 0 radical (unpaired) electrons. The molecule has 0 aliphatic rings. The maximum Gasteiger partial charge on any atom is 0.126 e. The van der Waals surface area contributed by atoms with Crippen molar-refractivity contribution in [3.63, 3.8) is 0 Å². The van der Waals surface area contributed by atoms with Gasteiger partial charge in [0.2, 0.25) is 0 Å². The van der Waals surface area contributed by atoms with Gasteiger partial charge in [0.25, 0.3) is 0 Å². The van der Waals surface area contributed by atoms with Gasteiger partial charge in [-0.3, -0.25) is 0 Å². The third-order valence-corrected chi connectivity index (χ3v) is 3.92. The Morgan fingerprint density at radius 1 is 1.10 bits per heavy atom. The quantitative estimate of drug-likeness (QED) is 0.683. The largest absolute Gasteiger partial charge is 0.310 e. The van der Waals surface area contributed by atoms with E-state index in [9.17, 15) is 8.78 Å². The van der Waals surface area contributed by atoms with E-state index in [0.29, 0.717) is 12.0 Å². The Balaban J connectivity index is 2.23. The number of hydrogen-bond donors (Lipinski definition) is 1. The Kier molecular flexibility index (Phi) is 6.11. The minimum atomic E-state index is -0.526. The Bertz CT molecular complexity index is 581. The lowest BCUT2D eigenvalue weighted by Crippen LogP contribution is -2.24. The molecule has 0 bridgehead atoms. The van der Waals surface area contributed by atoms with Gasteiger partial charge in [-0.1, -0.05) is 19.1 Å². The first kappa shape index (κ1) is 16.4. The van der Waals surface area contributed by atoms with Gasteiger partial charge in [-0.25, -0.2) is 8.78 Å². The van der Waals surface area contributed by atoms with Crippen LogP contribution in [0.2, 0.25) is 0 Å². The third kappa shape index (κ3) is 5.04. The fraction of sp³-hybridized carbons (Fsp3) is 0.294. The summed E-state index contributed by atoms with van der Waals surface area (Å²) in [5.41, 5.74) is 1.81. The molecular weight excluding hydrogens is 383 g/mol. The van der Waals surface area contributed by atoms with Crippen molar-refractivity contribution >= 4 is 22.6 Å². The van der Waals surface area contributed by atoms with Crippen LogP contribution in [0.5, 0.6) is 0 Å².